The number of para-hydroxylation sites is 1. The van der Waals surface area contributed by atoms with Gasteiger partial charge >= 0.3 is 0 Å². The van der Waals surface area contributed by atoms with Gasteiger partial charge in [0.2, 0.25) is 11.8 Å². The molecule has 0 bridgehead atoms. The van der Waals surface area contributed by atoms with E-state index in [0.29, 0.717) is 11.9 Å². The van der Waals surface area contributed by atoms with Crippen LogP contribution in [0.25, 0.3) is 17.0 Å². The summed E-state index contributed by atoms with van der Waals surface area (Å²) in [5.41, 5.74) is 1.83. The molecule has 0 unspecified atom stereocenters. The van der Waals surface area contributed by atoms with Gasteiger partial charge in [0.05, 0.1) is 5.52 Å². The molecule has 0 aliphatic heterocycles. The number of amides is 2. The van der Waals surface area contributed by atoms with E-state index in [0.717, 1.165) is 11.1 Å². The largest absolute Gasteiger partial charge is 0.493 e. The van der Waals surface area contributed by atoms with Crippen LogP contribution in [0.5, 0.6) is 5.88 Å². The van der Waals surface area contributed by atoms with Gasteiger partial charge in [0.1, 0.15) is 6.54 Å². The summed E-state index contributed by atoms with van der Waals surface area (Å²) >= 11 is 0. The zero-order chi connectivity index (χ0) is 20.6. The molecule has 0 saturated heterocycles. The zero-order valence-corrected chi connectivity index (χ0v) is 15.7. The minimum atomic E-state index is -0.633. The number of carbonyl (C=O) groups is 2. The van der Waals surface area contributed by atoms with Gasteiger partial charge in [-0.3, -0.25) is 9.59 Å². The highest BCUT2D eigenvalue weighted by atomic mass is 16.3. The quantitative estimate of drug-likeness (QED) is 0.364. The van der Waals surface area contributed by atoms with E-state index >= 15 is 0 Å². The standard InChI is InChI=1S/C22H20N4O3/c1-2-14-26-18-11-7-6-10-17(18)21(22(26)29)25-24-20(28)15-23-19(27)13-12-16-8-4-3-5-9-16/h2-13,29H,1,14-15H2,(H,23,27). The van der Waals surface area contributed by atoms with Crippen molar-refractivity contribution >= 4 is 34.5 Å². The third kappa shape index (κ3) is 4.84. The van der Waals surface area contributed by atoms with Gasteiger partial charge in [-0.25, -0.2) is 0 Å². The van der Waals surface area contributed by atoms with Crippen LogP contribution in [0.1, 0.15) is 5.56 Å². The van der Waals surface area contributed by atoms with E-state index in [4.69, 9.17) is 0 Å². The Balaban J connectivity index is 1.65. The van der Waals surface area contributed by atoms with E-state index in [9.17, 15) is 14.7 Å². The molecule has 2 aromatic carbocycles. The van der Waals surface area contributed by atoms with Gasteiger partial charge in [-0.2, -0.15) is 0 Å². The lowest BCUT2D eigenvalue weighted by Crippen LogP contribution is -2.26. The van der Waals surface area contributed by atoms with Gasteiger partial charge in [0.15, 0.2) is 5.69 Å². The molecule has 29 heavy (non-hydrogen) atoms. The summed E-state index contributed by atoms with van der Waals surface area (Å²) < 4.78 is 1.62. The van der Waals surface area contributed by atoms with Gasteiger partial charge in [0.25, 0.3) is 5.91 Å². The SMILES string of the molecule is C=CCn1c(O)c(N=NC(=O)CNC(=O)C=Cc2ccccc2)c2ccccc21. The van der Waals surface area contributed by atoms with Crippen LogP contribution in [0.4, 0.5) is 5.69 Å². The van der Waals surface area contributed by atoms with E-state index < -0.39 is 11.8 Å². The van der Waals surface area contributed by atoms with Gasteiger partial charge in [0, 0.05) is 18.0 Å². The van der Waals surface area contributed by atoms with E-state index in [1.165, 1.54) is 6.08 Å². The molecule has 146 valence electrons. The van der Waals surface area contributed by atoms with Crippen LogP contribution in [-0.4, -0.2) is 28.0 Å². The molecule has 2 amide bonds. The number of fused-ring (bicyclic) bond motifs is 1. The third-order valence-corrected chi connectivity index (χ3v) is 4.13. The molecule has 2 N–H and O–H groups in total. The molecule has 0 fully saturated rings. The fourth-order valence-corrected chi connectivity index (χ4v) is 2.78. The maximum atomic E-state index is 12.0. The Labute approximate surface area is 167 Å². The fourth-order valence-electron chi connectivity index (χ4n) is 2.78. The summed E-state index contributed by atoms with van der Waals surface area (Å²) in [4.78, 5) is 23.8. The molecule has 0 radical (unpaired) electrons. The normalized spacial score (nSPS) is 11.3. The molecule has 0 spiro atoms. The average molecular weight is 388 g/mol. The van der Waals surface area contributed by atoms with E-state index in [-0.39, 0.29) is 18.1 Å². The number of benzene rings is 2. The molecule has 0 aliphatic carbocycles. The number of allylic oxidation sites excluding steroid dienone is 1. The molecule has 3 aromatic rings. The Morgan fingerprint density at radius 1 is 1.10 bits per heavy atom. The Hall–Kier alpha value is -4.00. The number of nitrogens with zero attached hydrogens (tertiary/aromatic N) is 3. The molecular formula is C22H20N4O3. The first kappa shape index (κ1) is 19.8. The molecule has 3 rings (SSSR count). The van der Waals surface area contributed by atoms with Crippen LogP contribution >= 0.6 is 0 Å². The number of rotatable bonds is 7. The van der Waals surface area contributed by atoms with Crippen molar-refractivity contribution in [3.8, 4) is 5.88 Å². The minimum absolute atomic E-state index is 0.0996. The second kappa shape index (κ2) is 9.27. The van der Waals surface area contributed by atoms with Gasteiger partial charge in [-0.05, 0) is 17.7 Å². The lowest BCUT2D eigenvalue weighted by Gasteiger charge is -2.01. The highest BCUT2D eigenvalue weighted by Gasteiger charge is 2.15. The van der Waals surface area contributed by atoms with Crippen molar-refractivity contribution in [2.45, 2.75) is 6.54 Å². The smallest absolute Gasteiger partial charge is 0.283 e. The maximum absolute atomic E-state index is 12.0. The Bertz CT molecular complexity index is 1100. The summed E-state index contributed by atoms with van der Waals surface area (Å²) in [6.07, 6.45) is 4.64. The molecule has 0 atom stereocenters. The molecule has 1 aromatic heterocycles. The Morgan fingerprint density at radius 2 is 1.83 bits per heavy atom. The number of aromatic nitrogens is 1. The van der Waals surface area contributed by atoms with Crippen molar-refractivity contribution in [1.82, 2.24) is 9.88 Å². The number of hydrogen-bond acceptors (Lipinski definition) is 4. The topological polar surface area (TPSA) is 96.0 Å². The van der Waals surface area contributed by atoms with Gasteiger partial charge in [-0.15, -0.1) is 16.8 Å². The van der Waals surface area contributed by atoms with Crippen LogP contribution in [0, 0.1) is 0 Å². The summed E-state index contributed by atoms with van der Waals surface area (Å²) in [5.74, 6) is -1.15. The van der Waals surface area contributed by atoms with E-state index in [1.54, 1.807) is 28.9 Å². The van der Waals surface area contributed by atoms with E-state index in [2.05, 4.69) is 22.1 Å². The maximum Gasteiger partial charge on any atom is 0.283 e. The molecular weight excluding hydrogens is 368 g/mol. The molecule has 0 saturated carbocycles. The molecule has 0 aliphatic rings. The predicted molar refractivity (Wildman–Crippen MR) is 112 cm³/mol. The highest BCUT2D eigenvalue weighted by Crippen LogP contribution is 2.38. The average Bonchev–Trinajstić information content (AvgIpc) is 3.01. The summed E-state index contributed by atoms with van der Waals surface area (Å²) in [6.45, 7) is 3.77. The van der Waals surface area contributed by atoms with Crippen LogP contribution in [0.15, 0.2) is 83.6 Å². The lowest BCUT2D eigenvalue weighted by molar-refractivity contribution is -0.122. The lowest BCUT2D eigenvalue weighted by atomic mass is 10.2. The van der Waals surface area contributed by atoms with Crippen molar-refractivity contribution in [3.63, 3.8) is 0 Å². The summed E-state index contributed by atoms with van der Waals surface area (Å²) in [6, 6.07) is 16.6. The fraction of sp³-hybridized carbons (Fsp3) is 0.0909. The van der Waals surface area contributed by atoms with Crippen molar-refractivity contribution in [1.29, 1.82) is 0 Å². The summed E-state index contributed by atoms with van der Waals surface area (Å²) in [7, 11) is 0. The number of aromatic hydroxyl groups is 1. The first-order chi connectivity index (χ1) is 14.1. The predicted octanol–water partition coefficient (Wildman–Crippen LogP) is 3.97. The third-order valence-electron chi connectivity index (χ3n) is 4.13. The Kier molecular flexibility index (Phi) is 6.32. The van der Waals surface area contributed by atoms with Gasteiger partial charge in [-0.1, -0.05) is 54.6 Å². The summed E-state index contributed by atoms with van der Waals surface area (Å²) in [5, 5.41) is 21.1. The zero-order valence-electron chi connectivity index (χ0n) is 15.7. The number of nitrogens with one attached hydrogen (secondary N) is 1. The van der Waals surface area contributed by atoms with Crippen LogP contribution in [0.3, 0.4) is 0 Å². The van der Waals surface area contributed by atoms with Gasteiger partial charge < -0.3 is 15.0 Å². The Morgan fingerprint density at radius 3 is 2.59 bits per heavy atom. The second-order valence-corrected chi connectivity index (χ2v) is 6.14. The van der Waals surface area contributed by atoms with Crippen molar-refractivity contribution in [2.75, 3.05) is 6.54 Å². The molecule has 7 nitrogen and oxygen atoms in total. The van der Waals surface area contributed by atoms with E-state index in [1.807, 2.05) is 42.5 Å². The molecule has 1 heterocycles. The first-order valence-electron chi connectivity index (χ1n) is 8.96. The van der Waals surface area contributed by atoms with Crippen molar-refractivity contribution in [2.24, 2.45) is 10.2 Å². The number of carbonyl (C=O) groups excluding carboxylic acids is 2. The first-order valence-corrected chi connectivity index (χ1v) is 8.96. The van der Waals surface area contributed by atoms with Crippen LogP contribution < -0.4 is 5.32 Å². The van der Waals surface area contributed by atoms with Crippen molar-refractivity contribution in [3.05, 3.63) is 78.9 Å². The second-order valence-electron chi connectivity index (χ2n) is 6.14. The monoisotopic (exact) mass is 388 g/mol. The number of azo groups is 1. The van der Waals surface area contributed by atoms with Crippen LogP contribution in [0.2, 0.25) is 0 Å². The molecule has 7 heteroatoms. The highest BCUT2D eigenvalue weighted by molar-refractivity contribution is 5.96. The number of hydrogen-bond donors (Lipinski definition) is 2. The minimum Gasteiger partial charge on any atom is -0.493 e. The van der Waals surface area contributed by atoms with Crippen molar-refractivity contribution < 1.29 is 14.7 Å². The van der Waals surface area contributed by atoms with Crippen LogP contribution in [-0.2, 0) is 16.1 Å².